The number of anilines is 1. The van der Waals surface area contributed by atoms with Gasteiger partial charge in [0.05, 0.1) is 22.8 Å². The van der Waals surface area contributed by atoms with Crippen LogP contribution in [0, 0.1) is 0 Å². The van der Waals surface area contributed by atoms with Gasteiger partial charge in [0.25, 0.3) is 0 Å². The molecule has 1 aromatic carbocycles. The van der Waals surface area contributed by atoms with Crippen LogP contribution in [0.3, 0.4) is 0 Å². The highest BCUT2D eigenvalue weighted by Gasteiger charge is 2.27. The monoisotopic (exact) mass is 378 g/mol. The van der Waals surface area contributed by atoms with E-state index >= 15 is 0 Å². The molecule has 23 heavy (non-hydrogen) atoms. The van der Waals surface area contributed by atoms with E-state index in [9.17, 15) is 9.90 Å². The molecule has 1 aliphatic heterocycles. The van der Waals surface area contributed by atoms with Crippen LogP contribution in [-0.2, 0) is 17.8 Å². The Hall–Kier alpha value is -1.70. The Morgan fingerprint density at radius 3 is 2.83 bits per heavy atom. The molecule has 1 saturated heterocycles. The summed E-state index contributed by atoms with van der Waals surface area (Å²) in [4.78, 5) is 12.1. The third-order valence-corrected chi connectivity index (χ3v) is 4.29. The highest BCUT2D eigenvalue weighted by atomic mass is 79.9. The molecule has 0 spiro atoms. The van der Waals surface area contributed by atoms with Gasteiger partial charge in [-0.2, -0.15) is 5.10 Å². The Balaban J connectivity index is 1.51. The van der Waals surface area contributed by atoms with Gasteiger partial charge in [-0.3, -0.25) is 9.48 Å². The first-order valence-corrected chi connectivity index (χ1v) is 8.38. The number of halogens is 1. The summed E-state index contributed by atoms with van der Waals surface area (Å²) in [6.45, 7) is 1.28. The summed E-state index contributed by atoms with van der Waals surface area (Å²) in [5.74, 6) is -0.101. The Morgan fingerprint density at radius 1 is 1.43 bits per heavy atom. The van der Waals surface area contributed by atoms with Crippen molar-refractivity contribution < 1.29 is 9.90 Å². The molecule has 2 atom stereocenters. The number of hydrogen-bond donors (Lipinski definition) is 3. The van der Waals surface area contributed by atoms with Crippen molar-refractivity contribution >= 4 is 27.5 Å². The van der Waals surface area contributed by atoms with Crippen molar-refractivity contribution in [1.29, 1.82) is 0 Å². The highest BCUT2D eigenvalue weighted by Crippen LogP contribution is 2.14. The first-order chi connectivity index (χ1) is 11.1. The van der Waals surface area contributed by atoms with Gasteiger partial charge in [-0.25, -0.2) is 0 Å². The molecule has 0 radical (unpaired) electrons. The minimum atomic E-state index is -0.435. The first-order valence-electron chi connectivity index (χ1n) is 7.59. The molecule has 122 valence electrons. The molecule has 3 rings (SSSR count). The summed E-state index contributed by atoms with van der Waals surface area (Å²) < 4.78 is 2.86. The lowest BCUT2D eigenvalue weighted by Crippen LogP contribution is -2.35. The molecule has 0 bridgehead atoms. The van der Waals surface area contributed by atoms with E-state index in [-0.39, 0.29) is 11.9 Å². The van der Waals surface area contributed by atoms with E-state index in [1.165, 1.54) is 5.56 Å². The number of β-amino-alcohol motifs (C(OH)–C–C–N with tert-alkyl or cyclic N) is 1. The quantitative estimate of drug-likeness (QED) is 0.737. The van der Waals surface area contributed by atoms with Crippen molar-refractivity contribution in [1.82, 2.24) is 15.1 Å². The van der Waals surface area contributed by atoms with Crippen molar-refractivity contribution in [2.45, 2.75) is 31.5 Å². The second-order valence-electron chi connectivity index (χ2n) is 5.71. The van der Waals surface area contributed by atoms with Crippen molar-refractivity contribution in [3.8, 4) is 0 Å². The SMILES string of the molecule is O=C(Nc1ccc(CCn2cc(Br)cn2)cc1)C1CC(O)CN1. The number of benzene rings is 1. The van der Waals surface area contributed by atoms with E-state index in [0.29, 0.717) is 13.0 Å². The minimum Gasteiger partial charge on any atom is -0.392 e. The summed E-state index contributed by atoms with van der Waals surface area (Å²) in [7, 11) is 0. The number of carbonyl (C=O) groups is 1. The van der Waals surface area contributed by atoms with Gasteiger partial charge in [-0.1, -0.05) is 12.1 Å². The maximum Gasteiger partial charge on any atom is 0.241 e. The standard InChI is InChI=1S/C16H19BrN4O2/c17-12-8-19-21(10-12)6-5-11-1-3-13(4-2-11)20-16(23)15-7-14(22)9-18-15/h1-4,8,10,14-15,18,22H,5-7,9H2,(H,20,23). The Morgan fingerprint density at radius 2 is 2.22 bits per heavy atom. The molecule has 2 aromatic rings. The lowest BCUT2D eigenvalue weighted by molar-refractivity contribution is -0.117. The molecule has 1 aromatic heterocycles. The number of rotatable bonds is 5. The average molecular weight is 379 g/mol. The number of aromatic nitrogens is 2. The van der Waals surface area contributed by atoms with E-state index in [2.05, 4.69) is 31.7 Å². The third kappa shape index (κ3) is 4.40. The second-order valence-corrected chi connectivity index (χ2v) is 6.62. The zero-order chi connectivity index (χ0) is 16.2. The van der Waals surface area contributed by atoms with E-state index in [0.717, 1.165) is 23.1 Å². The molecule has 0 aliphatic carbocycles. The van der Waals surface area contributed by atoms with Gasteiger partial charge in [0, 0.05) is 25.0 Å². The van der Waals surface area contributed by atoms with E-state index in [4.69, 9.17) is 0 Å². The fourth-order valence-corrected chi connectivity index (χ4v) is 2.93. The average Bonchev–Trinajstić information content (AvgIpc) is 3.15. The van der Waals surface area contributed by atoms with E-state index in [1.54, 1.807) is 6.20 Å². The van der Waals surface area contributed by atoms with Crippen LogP contribution in [-0.4, -0.2) is 39.5 Å². The number of carbonyl (C=O) groups excluding carboxylic acids is 1. The van der Waals surface area contributed by atoms with Gasteiger partial charge in [-0.15, -0.1) is 0 Å². The topological polar surface area (TPSA) is 79.2 Å². The molecule has 2 unspecified atom stereocenters. The second kappa shape index (κ2) is 7.25. The van der Waals surface area contributed by atoms with Crippen molar-refractivity contribution in [3.05, 3.63) is 46.7 Å². The van der Waals surface area contributed by atoms with Crippen LogP contribution in [0.5, 0.6) is 0 Å². The molecule has 0 saturated carbocycles. The number of hydrogen-bond acceptors (Lipinski definition) is 4. The van der Waals surface area contributed by atoms with Crippen LogP contribution in [0.1, 0.15) is 12.0 Å². The largest absolute Gasteiger partial charge is 0.392 e. The summed E-state index contributed by atoms with van der Waals surface area (Å²) >= 11 is 3.38. The zero-order valence-corrected chi connectivity index (χ0v) is 14.2. The molecule has 2 heterocycles. The number of nitrogens with one attached hydrogen (secondary N) is 2. The Labute approximate surface area is 143 Å². The lowest BCUT2D eigenvalue weighted by atomic mass is 10.1. The number of aliphatic hydroxyl groups excluding tert-OH is 1. The molecule has 1 fully saturated rings. The summed E-state index contributed by atoms with van der Waals surface area (Å²) in [6.07, 6.45) is 4.61. The maximum absolute atomic E-state index is 12.1. The van der Waals surface area contributed by atoms with Gasteiger partial charge in [0.2, 0.25) is 5.91 Å². The fraction of sp³-hybridized carbons (Fsp3) is 0.375. The molecular weight excluding hydrogens is 360 g/mol. The minimum absolute atomic E-state index is 0.101. The van der Waals surface area contributed by atoms with Crippen LogP contribution in [0.4, 0.5) is 5.69 Å². The van der Waals surface area contributed by atoms with E-state index in [1.807, 2.05) is 35.1 Å². The maximum atomic E-state index is 12.1. The predicted octanol–water partition coefficient (Wildman–Crippen LogP) is 1.55. The Kier molecular flexibility index (Phi) is 5.09. The smallest absolute Gasteiger partial charge is 0.241 e. The number of nitrogens with zero attached hydrogens (tertiary/aromatic N) is 2. The predicted molar refractivity (Wildman–Crippen MR) is 91.1 cm³/mol. The van der Waals surface area contributed by atoms with Crippen LogP contribution in [0.25, 0.3) is 0 Å². The van der Waals surface area contributed by atoms with Crippen molar-refractivity contribution in [2.75, 3.05) is 11.9 Å². The van der Waals surface area contributed by atoms with Crippen LogP contribution >= 0.6 is 15.9 Å². The van der Waals surface area contributed by atoms with Gasteiger partial charge >= 0.3 is 0 Å². The van der Waals surface area contributed by atoms with Crippen molar-refractivity contribution in [2.24, 2.45) is 0 Å². The van der Waals surface area contributed by atoms with Gasteiger partial charge in [-0.05, 0) is 46.5 Å². The van der Waals surface area contributed by atoms with Crippen LogP contribution in [0.15, 0.2) is 41.1 Å². The zero-order valence-electron chi connectivity index (χ0n) is 12.6. The van der Waals surface area contributed by atoms with Gasteiger partial charge in [0.1, 0.15) is 0 Å². The summed E-state index contributed by atoms with van der Waals surface area (Å²) in [5.41, 5.74) is 1.95. The Bertz CT molecular complexity index is 671. The molecular formula is C16H19BrN4O2. The van der Waals surface area contributed by atoms with E-state index < -0.39 is 6.10 Å². The van der Waals surface area contributed by atoms with Gasteiger partial charge in [0.15, 0.2) is 0 Å². The highest BCUT2D eigenvalue weighted by molar-refractivity contribution is 9.10. The first kappa shape index (κ1) is 16.2. The van der Waals surface area contributed by atoms with Crippen LogP contribution in [0.2, 0.25) is 0 Å². The lowest BCUT2D eigenvalue weighted by Gasteiger charge is -2.11. The molecule has 1 amide bonds. The third-order valence-electron chi connectivity index (χ3n) is 3.88. The number of amides is 1. The summed E-state index contributed by atoms with van der Waals surface area (Å²) in [6, 6.07) is 7.49. The number of aliphatic hydroxyl groups is 1. The summed E-state index contributed by atoms with van der Waals surface area (Å²) in [5, 5.41) is 19.6. The molecule has 3 N–H and O–H groups in total. The molecule has 1 aliphatic rings. The normalized spacial score (nSPS) is 20.6. The van der Waals surface area contributed by atoms with Crippen LogP contribution < -0.4 is 10.6 Å². The fourth-order valence-electron chi connectivity index (χ4n) is 2.61. The van der Waals surface area contributed by atoms with Gasteiger partial charge < -0.3 is 15.7 Å². The van der Waals surface area contributed by atoms with Crippen molar-refractivity contribution in [3.63, 3.8) is 0 Å². The molecule has 6 nitrogen and oxygen atoms in total. The number of aryl methyl sites for hydroxylation is 2. The molecule has 7 heteroatoms.